The number of rotatable bonds is 13. The SMILES string of the molecule is CCC[C@@H](C(=O)N[C@@H](Cc1cccnc1)C(O)C(=O)NC1CC1)N(C)C(=O)[C@H](NC(=O)C(C)(C)C)C1CCCC1. The summed E-state index contributed by atoms with van der Waals surface area (Å²) in [6.07, 6.45) is 8.45. The number of aliphatic hydroxyl groups excluding tert-OH is 1. The van der Waals surface area contributed by atoms with E-state index in [1.807, 2.05) is 33.8 Å². The lowest BCUT2D eigenvalue weighted by atomic mass is 9.91. The minimum absolute atomic E-state index is 0.0119. The van der Waals surface area contributed by atoms with Gasteiger partial charge in [-0.25, -0.2) is 0 Å². The maximum Gasteiger partial charge on any atom is 0.251 e. The van der Waals surface area contributed by atoms with Crippen LogP contribution in [0.1, 0.15) is 84.6 Å². The molecule has 1 unspecified atom stereocenters. The van der Waals surface area contributed by atoms with Crippen LogP contribution in [0.2, 0.25) is 0 Å². The lowest BCUT2D eigenvalue weighted by Gasteiger charge is -2.35. The minimum Gasteiger partial charge on any atom is -0.381 e. The third-order valence-corrected chi connectivity index (χ3v) is 7.86. The fraction of sp³-hybridized carbons (Fsp3) is 0.700. The molecule has 1 aromatic rings. The topological polar surface area (TPSA) is 141 Å². The van der Waals surface area contributed by atoms with Gasteiger partial charge in [-0.1, -0.05) is 53.0 Å². The molecule has 0 saturated heterocycles. The molecule has 0 radical (unpaired) electrons. The van der Waals surface area contributed by atoms with Crippen molar-refractivity contribution in [3.8, 4) is 0 Å². The summed E-state index contributed by atoms with van der Waals surface area (Å²) < 4.78 is 0. The molecule has 222 valence electrons. The number of nitrogens with one attached hydrogen (secondary N) is 3. The highest BCUT2D eigenvalue weighted by Gasteiger charge is 2.40. The molecular formula is C30H47N5O5. The van der Waals surface area contributed by atoms with Gasteiger partial charge in [-0.2, -0.15) is 0 Å². The Bertz CT molecular complexity index is 1020. The second-order valence-electron chi connectivity index (χ2n) is 12.4. The van der Waals surface area contributed by atoms with Gasteiger partial charge in [0, 0.05) is 30.9 Å². The average Bonchev–Trinajstić information content (AvgIpc) is 3.56. The van der Waals surface area contributed by atoms with Crippen LogP contribution >= 0.6 is 0 Å². The Morgan fingerprint density at radius 2 is 1.75 bits per heavy atom. The lowest BCUT2D eigenvalue weighted by molar-refractivity contribution is -0.145. The van der Waals surface area contributed by atoms with E-state index in [-0.39, 0.29) is 30.2 Å². The molecule has 0 aromatic carbocycles. The van der Waals surface area contributed by atoms with E-state index in [0.29, 0.717) is 12.8 Å². The van der Waals surface area contributed by atoms with Crippen LogP contribution in [0.5, 0.6) is 0 Å². The Kier molecular flexibility index (Phi) is 11.1. The summed E-state index contributed by atoms with van der Waals surface area (Å²) in [5, 5.41) is 19.6. The highest BCUT2D eigenvalue weighted by molar-refractivity contribution is 5.93. The first-order valence-corrected chi connectivity index (χ1v) is 14.7. The average molecular weight is 558 g/mol. The van der Waals surface area contributed by atoms with Gasteiger partial charge in [-0.3, -0.25) is 24.2 Å². The third-order valence-electron chi connectivity index (χ3n) is 7.86. The van der Waals surface area contributed by atoms with Crippen LogP contribution in [0.3, 0.4) is 0 Å². The maximum atomic E-state index is 13.9. The Morgan fingerprint density at radius 1 is 1.07 bits per heavy atom. The van der Waals surface area contributed by atoms with Crippen LogP contribution in [-0.2, 0) is 25.6 Å². The molecule has 10 heteroatoms. The van der Waals surface area contributed by atoms with Gasteiger partial charge < -0.3 is 26.0 Å². The monoisotopic (exact) mass is 557 g/mol. The second kappa shape index (κ2) is 14.1. The molecule has 4 atom stereocenters. The Hall–Kier alpha value is -3.01. The van der Waals surface area contributed by atoms with Crippen LogP contribution in [0.15, 0.2) is 24.5 Å². The summed E-state index contributed by atoms with van der Waals surface area (Å²) in [6, 6.07) is 1.18. The first-order chi connectivity index (χ1) is 18.9. The van der Waals surface area contributed by atoms with Crippen molar-refractivity contribution in [3.05, 3.63) is 30.1 Å². The second-order valence-corrected chi connectivity index (χ2v) is 12.4. The van der Waals surface area contributed by atoms with Gasteiger partial charge in [0.15, 0.2) is 6.10 Å². The molecule has 40 heavy (non-hydrogen) atoms. The molecule has 0 spiro atoms. The standard InChI is InChI=1S/C30H47N5O5/c1-6-10-23(35(5)28(39)24(20-12-7-8-13-20)34-29(40)30(2,3)4)26(37)33-22(17-19-11-9-16-31-18-19)25(36)27(38)32-21-14-15-21/h9,11,16,18,20-25,36H,6-8,10,12-15,17H2,1-5H3,(H,32,38)(H,33,37)(H,34,40)/t22-,23-,24+,25?/m0/s1. The molecule has 2 saturated carbocycles. The van der Waals surface area contributed by atoms with Crippen molar-refractivity contribution >= 4 is 23.6 Å². The largest absolute Gasteiger partial charge is 0.381 e. The Labute approximate surface area is 238 Å². The van der Waals surface area contributed by atoms with Crippen molar-refractivity contribution < 1.29 is 24.3 Å². The van der Waals surface area contributed by atoms with Crippen molar-refractivity contribution in [2.45, 2.75) is 116 Å². The number of nitrogens with zero attached hydrogens (tertiary/aromatic N) is 2. The normalized spacial score (nSPS) is 18.8. The summed E-state index contributed by atoms with van der Waals surface area (Å²) in [6.45, 7) is 7.35. The fourth-order valence-electron chi connectivity index (χ4n) is 5.17. The molecule has 4 N–H and O–H groups in total. The van der Waals surface area contributed by atoms with Crippen molar-refractivity contribution in [2.75, 3.05) is 7.05 Å². The van der Waals surface area contributed by atoms with E-state index < -0.39 is 41.5 Å². The molecule has 0 bridgehead atoms. The van der Waals surface area contributed by atoms with Gasteiger partial charge in [0.05, 0.1) is 6.04 Å². The van der Waals surface area contributed by atoms with E-state index >= 15 is 0 Å². The number of hydrogen-bond acceptors (Lipinski definition) is 6. The van der Waals surface area contributed by atoms with Gasteiger partial charge in [-0.15, -0.1) is 0 Å². The zero-order valence-corrected chi connectivity index (χ0v) is 24.6. The first kappa shape index (κ1) is 31.5. The van der Waals surface area contributed by atoms with E-state index in [1.54, 1.807) is 25.5 Å². The zero-order valence-electron chi connectivity index (χ0n) is 24.6. The minimum atomic E-state index is -1.47. The van der Waals surface area contributed by atoms with Gasteiger partial charge >= 0.3 is 0 Å². The van der Waals surface area contributed by atoms with Crippen LogP contribution in [0.25, 0.3) is 0 Å². The smallest absolute Gasteiger partial charge is 0.251 e. The molecule has 4 amide bonds. The third kappa shape index (κ3) is 8.74. The Morgan fingerprint density at radius 3 is 2.30 bits per heavy atom. The summed E-state index contributed by atoms with van der Waals surface area (Å²) in [5.41, 5.74) is 0.0980. The van der Waals surface area contributed by atoms with Crippen LogP contribution in [0, 0.1) is 11.3 Å². The van der Waals surface area contributed by atoms with Crippen molar-refractivity contribution in [3.63, 3.8) is 0 Å². The van der Waals surface area contributed by atoms with Gasteiger partial charge in [0.2, 0.25) is 17.7 Å². The lowest BCUT2D eigenvalue weighted by Crippen LogP contribution is -2.60. The van der Waals surface area contributed by atoms with E-state index in [1.165, 1.54) is 4.90 Å². The fourth-order valence-corrected chi connectivity index (χ4v) is 5.17. The molecule has 1 aromatic heterocycles. The number of carbonyl (C=O) groups excluding carboxylic acids is 4. The predicted octanol–water partition coefficient (Wildman–Crippen LogP) is 2.10. The number of amides is 4. The molecule has 2 aliphatic carbocycles. The summed E-state index contributed by atoms with van der Waals surface area (Å²) in [4.78, 5) is 58.8. The van der Waals surface area contributed by atoms with Crippen LogP contribution < -0.4 is 16.0 Å². The molecule has 2 fully saturated rings. The van der Waals surface area contributed by atoms with Crippen molar-refractivity contribution in [2.24, 2.45) is 11.3 Å². The van der Waals surface area contributed by atoms with E-state index in [4.69, 9.17) is 0 Å². The number of aromatic nitrogens is 1. The van der Waals surface area contributed by atoms with E-state index in [2.05, 4.69) is 20.9 Å². The predicted molar refractivity (Wildman–Crippen MR) is 152 cm³/mol. The Balaban J connectivity index is 1.80. The summed E-state index contributed by atoms with van der Waals surface area (Å²) in [7, 11) is 1.60. The number of aliphatic hydroxyl groups is 1. The zero-order chi connectivity index (χ0) is 29.4. The van der Waals surface area contributed by atoms with E-state index in [0.717, 1.165) is 44.1 Å². The van der Waals surface area contributed by atoms with Crippen LogP contribution in [0.4, 0.5) is 0 Å². The quantitative estimate of drug-likeness (QED) is 0.293. The van der Waals surface area contributed by atoms with Gasteiger partial charge in [0.1, 0.15) is 12.1 Å². The summed E-state index contributed by atoms with van der Waals surface area (Å²) in [5.74, 6) is -1.47. The highest BCUT2D eigenvalue weighted by Crippen LogP contribution is 2.30. The number of likely N-dealkylation sites (N-methyl/N-ethyl adjacent to an activating group) is 1. The molecule has 10 nitrogen and oxygen atoms in total. The molecule has 2 aliphatic rings. The summed E-state index contributed by atoms with van der Waals surface area (Å²) >= 11 is 0. The maximum absolute atomic E-state index is 13.9. The van der Waals surface area contributed by atoms with Crippen molar-refractivity contribution in [1.82, 2.24) is 25.8 Å². The number of pyridine rings is 1. The van der Waals surface area contributed by atoms with Crippen molar-refractivity contribution in [1.29, 1.82) is 0 Å². The highest BCUT2D eigenvalue weighted by atomic mass is 16.3. The van der Waals surface area contributed by atoms with E-state index in [9.17, 15) is 24.3 Å². The van der Waals surface area contributed by atoms with Gasteiger partial charge in [0.25, 0.3) is 5.91 Å². The molecule has 1 heterocycles. The van der Waals surface area contributed by atoms with Crippen LogP contribution in [-0.4, -0.2) is 75.9 Å². The number of hydrogen-bond donors (Lipinski definition) is 4. The first-order valence-electron chi connectivity index (χ1n) is 14.7. The molecule has 3 rings (SSSR count). The number of carbonyl (C=O) groups is 4. The van der Waals surface area contributed by atoms with Gasteiger partial charge in [-0.05, 0) is 56.1 Å². The molecule has 0 aliphatic heterocycles. The molecular weight excluding hydrogens is 510 g/mol.